The standard InChI is InChI=1S/C28H48I2Si2/c1-31-19-15-11-7-3-5-9-13-17-21-32(2,28-24-25(29)27(31)23-26(28)30)22-18-14-10-6-4-8-12-16-20-31/h23-24H,3-22H2,1-2H3. The lowest BCUT2D eigenvalue weighted by Gasteiger charge is -2.34. The van der Waals surface area contributed by atoms with Crippen molar-refractivity contribution in [3.05, 3.63) is 19.3 Å². The van der Waals surface area contributed by atoms with Crippen LogP contribution in [0.15, 0.2) is 12.1 Å². The zero-order valence-corrected chi connectivity index (χ0v) is 27.4. The van der Waals surface area contributed by atoms with Gasteiger partial charge in [-0.3, -0.25) is 0 Å². The zero-order valence-electron chi connectivity index (χ0n) is 21.1. The van der Waals surface area contributed by atoms with E-state index in [1.807, 2.05) is 10.4 Å². The van der Waals surface area contributed by atoms with Crippen molar-refractivity contribution >= 4 is 71.7 Å². The second-order valence-electron chi connectivity index (χ2n) is 11.6. The number of hydrogen-bond acceptors (Lipinski definition) is 0. The van der Waals surface area contributed by atoms with Gasteiger partial charge in [0.25, 0.3) is 0 Å². The minimum absolute atomic E-state index is 1.41. The van der Waals surface area contributed by atoms with Gasteiger partial charge in [-0.1, -0.05) is 140 Å². The smallest absolute Gasteiger partial charge is 0.0652 e. The monoisotopic (exact) mass is 694 g/mol. The Morgan fingerprint density at radius 2 is 0.656 bits per heavy atom. The van der Waals surface area contributed by atoms with E-state index in [1.165, 1.54) is 127 Å². The van der Waals surface area contributed by atoms with E-state index >= 15 is 0 Å². The second-order valence-corrected chi connectivity index (χ2v) is 23.2. The molecule has 1 aromatic carbocycles. The lowest BCUT2D eigenvalue weighted by atomic mass is 10.1. The Kier molecular flexibility index (Phi) is 12.1. The van der Waals surface area contributed by atoms with Crippen LogP contribution >= 0.6 is 45.2 Å². The third-order valence-electron chi connectivity index (χ3n) is 8.77. The van der Waals surface area contributed by atoms with Crippen LogP contribution in [0.2, 0.25) is 37.3 Å². The lowest BCUT2D eigenvalue weighted by molar-refractivity contribution is 0.575. The fraction of sp³-hybridized carbons (Fsp3) is 0.786. The molecule has 4 bridgehead atoms. The van der Waals surface area contributed by atoms with Crippen LogP contribution in [0, 0.1) is 7.14 Å². The number of rotatable bonds is 0. The van der Waals surface area contributed by atoms with Crippen LogP contribution in [0.25, 0.3) is 0 Å². The van der Waals surface area contributed by atoms with Gasteiger partial charge in [-0.05, 0) is 67.7 Å². The minimum Gasteiger partial charge on any atom is -0.0652 e. The highest BCUT2D eigenvalue weighted by Crippen LogP contribution is 2.30. The third-order valence-corrected chi connectivity index (χ3v) is 20.8. The van der Waals surface area contributed by atoms with Crippen molar-refractivity contribution in [2.24, 2.45) is 0 Å². The summed E-state index contributed by atoms with van der Waals surface area (Å²) in [5.74, 6) is 0. The molecule has 0 aliphatic carbocycles. The van der Waals surface area contributed by atoms with Crippen molar-refractivity contribution in [2.75, 3.05) is 0 Å². The predicted octanol–water partition coefficient (Wildman–Crippen LogP) is 9.74. The van der Waals surface area contributed by atoms with E-state index in [0.29, 0.717) is 0 Å². The quantitative estimate of drug-likeness (QED) is 0.188. The van der Waals surface area contributed by atoms with Crippen LogP contribution < -0.4 is 10.4 Å². The summed E-state index contributed by atoms with van der Waals surface area (Å²) in [6.07, 6.45) is 23.6. The van der Waals surface area contributed by atoms with Gasteiger partial charge >= 0.3 is 0 Å². The Balaban J connectivity index is 1.99. The summed E-state index contributed by atoms with van der Waals surface area (Å²) in [6, 6.07) is 11.5. The molecule has 4 aliphatic rings. The summed E-state index contributed by atoms with van der Waals surface area (Å²) in [5, 5.41) is 3.64. The molecule has 0 unspecified atom stereocenters. The fourth-order valence-corrected chi connectivity index (χ4v) is 19.9. The first-order valence-electron chi connectivity index (χ1n) is 13.9. The highest BCUT2D eigenvalue weighted by atomic mass is 127. The van der Waals surface area contributed by atoms with E-state index < -0.39 is 16.1 Å². The molecular weight excluding hydrogens is 646 g/mol. The summed E-state index contributed by atoms with van der Waals surface area (Å²) < 4.78 is 3.29. The molecule has 0 saturated heterocycles. The first-order valence-corrected chi connectivity index (χ1v) is 21.9. The maximum absolute atomic E-state index is 2.76. The van der Waals surface area contributed by atoms with Crippen LogP contribution in [-0.2, 0) is 0 Å². The maximum atomic E-state index is 2.76. The molecule has 0 nitrogen and oxygen atoms in total. The van der Waals surface area contributed by atoms with Gasteiger partial charge in [-0.25, -0.2) is 0 Å². The van der Waals surface area contributed by atoms with Crippen molar-refractivity contribution in [3.63, 3.8) is 0 Å². The molecule has 0 spiro atoms. The van der Waals surface area contributed by atoms with Crippen molar-refractivity contribution < 1.29 is 0 Å². The Bertz CT molecular complexity index is 619. The van der Waals surface area contributed by atoms with E-state index in [-0.39, 0.29) is 0 Å². The molecule has 182 valence electrons. The SMILES string of the molecule is C[Si]12CCCCCCCCCC[Si](C)(CCCCCCCCCC1)c1cc(I)c2cc1I. The molecule has 0 N–H and O–H groups in total. The van der Waals surface area contributed by atoms with Crippen LogP contribution in [0.3, 0.4) is 0 Å². The van der Waals surface area contributed by atoms with Crippen molar-refractivity contribution in [3.8, 4) is 0 Å². The molecular formula is C28H48I2Si2. The van der Waals surface area contributed by atoms with Crippen molar-refractivity contribution in [2.45, 2.75) is 140 Å². The molecule has 0 aromatic heterocycles. The Hall–Kier alpha value is 1.11. The van der Waals surface area contributed by atoms with E-state index in [0.717, 1.165) is 0 Å². The summed E-state index contributed by atoms with van der Waals surface area (Å²) in [7, 11) is -2.82. The zero-order chi connectivity index (χ0) is 22.9. The van der Waals surface area contributed by atoms with E-state index in [9.17, 15) is 0 Å². The van der Waals surface area contributed by atoms with E-state index in [2.05, 4.69) is 70.4 Å². The van der Waals surface area contributed by atoms with Gasteiger partial charge in [0.05, 0.1) is 16.1 Å². The van der Waals surface area contributed by atoms with Crippen LogP contribution in [0.5, 0.6) is 0 Å². The first kappa shape index (κ1) is 27.7. The van der Waals surface area contributed by atoms with Crippen LogP contribution in [0.1, 0.15) is 103 Å². The highest BCUT2D eigenvalue weighted by molar-refractivity contribution is 14.1. The fourth-order valence-electron chi connectivity index (χ4n) is 6.44. The average Bonchev–Trinajstić information content (AvgIpc) is 2.76. The lowest BCUT2D eigenvalue weighted by Crippen LogP contribution is -2.51. The van der Waals surface area contributed by atoms with E-state index in [4.69, 9.17) is 0 Å². The molecule has 0 saturated carbocycles. The maximum Gasteiger partial charge on any atom is 0.0851 e. The van der Waals surface area contributed by atoms with E-state index in [1.54, 1.807) is 7.14 Å². The van der Waals surface area contributed by atoms with Gasteiger partial charge in [0.2, 0.25) is 0 Å². The Morgan fingerprint density at radius 3 is 0.906 bits per heavy atom. The molecule has 0 fully saturated rings. The van der Waals surface area contributed by atoms with Crippen LogP contribution in [-0.4, -0.2) is 16.1 Å². The summed E-state index contributed by atoms with van der Waals surface area (Å²) in [4.78, 5) is 0. The summed E-state index contributed by atoms with van der Waals surface area (Å²) in [5.41, 5.74) is 0. The van der Waals surface area contributed by atoms with Gasteiger partial charge in [-0.2, -0.15) is 0 Å². The van der Waals surface area contributed by atoms with Gasteiger partial charge in [0, 0.05) is 7.14 Å². The van der Waals surface area contributed by atoms with Gasteiger partial charge in [-0.15, -0.1) is 0 Å². The molecule has 5 rings (SSSR count). The highest BCUT2D eigenvalue weighted by Gasteiger charge is 2.35. The number of fused-ring (bicyclic) bond motifs is 18. The van der Waals surface area contributed by atoms with Gasteiger partial charge in [0.15, 0.2) is 0 Å². The second kappa shape index (κ2) is 14.0. The topological polar surface area (TPSA) is 0 Å². The summed E-state index contributed by atoms with van der Waals surface area (Å²) >= 11 is 5.51. The molecule has 0 amide bonds. The molecule has 4 heteroatoms. The minimum atomic E-state index is -1.41. The molecule has 0 radical (unpaired) electrons. The Morgan fingerprint density at radius 1 is 0.438 bits per heavy atom. The molecule has 4 heterocycles. The Labute approximate surface area is 229 Å². The van der Waals surface area contributed by atoms with Crippen molar-refractivity contribution in [1.82, 2.24) is 0 Å². The van der Waals surface area contributed by atoms with Crippen molar-refractivity contribution in [1.29, 1.82) is 0 Å². The normalized spacial score (nSPS) is 30.1. The molecule has 1 aromatic rings. The van der Waals surface area contributed by atoms with Crippen LogP contribution in [0.4, 0.5) is 0 Å². The van der Waals surface area contributed by atoms with Gasteiger partial charge < -0.3 is 0 Å². The van der Waals surface area contributed by atoms with Gasteiger partial charge in [0.1, 0.15) is 0 Å². The summed E-state index contributed by atoms with van der Waals surface area (Å²) in [6.45, 7) is 5.51. The number of hydrogen-bond donors (Lipinski definition) is 0. The number of halogens is 2. The molecule has 32 heavy (non-hydrogen) atoms. The first-order chi connectivity index (χ1) is 15.4. The largest absolute Gasteiger partial charge is 0.0851 e. The average molecular weight is 695 g/mol. The number of benzene rings is 1. The molecule has 4 aliphatic heterocycles. The third kappa shape index (κ3) is 8.07. The molecule has 0 atom stereocenters. The predicted molar refractivity (Wildman–Crippen MR) is 167 cm³/mol.